The van der Waals surface area contributed by atoms with E-state index in [0.29, 0.717) is 24.0 Å². The van der Waals surface area contributed by atoms with Crippen LogP contribution >= 0.6 is 11.8 Å². The fourth-order valence-corrected chi connectivity index (χ4v) is 2.97. The van der Waals surface area contributed by atoms with E-state index in [9.17, 15) is 14.3 Å². The fourth-order valence-electron chi connectivity index (χ4n) is 2.07. The van der Waals surface area contributed by atoms with Crippen molar-refractivity contribution in [3.8, 4) is 0 Å². The highest BCUT2D eigenvalue weighted by molar-refractivity contribution is 8.00. The van der Waals surface area contributed by atoms with Gasteiger partial charge in [-0.2, -0.15) is 0 Å². The van der Waals surface area contributed by atoms with Gasteiger partial charge in [-0.15, -0.1) is 0 Å². The molecule has 7 heteroatoms. The van der Waals surface area contributed by atoms with Crippen molar-refractivity contribution in [3.63, 3.8) is 0 Å². The first-order valence-electron chi connectivity index (χ1n) is 7.28. The number of nitrogens with zero attached hydrogens (tertiary/aromatic N) is 2. The molecule has 0 saturated carbocycles. The number of hydrogen-bond donors (Lipinski definition) is 1. The molecule has 5 nitrogen and oxygen atoms in total. The quantitative estimate of drug-likeness (QED) is 0.621. The summed E-state index contributed by atoms with van der Waals surface area (Å²) < 4.78 is 20.1. The second kappa shape index (κ2) is 8.12. The van der Waals surface area contributed by atoms with E-state index >= 15 is 0 Å². The summed E-state index contributed by atoms with van der Waals surface area (Å²) in [5.41, 5.74) is 1.36. The van der Waals surface area contributed by atoms with Crippen molar-refractivity contribution in [2.24, 2.45) is 0 Å². The average Bonchev–Trinajstić information content (AvgIpc) is 2.89. The van der Waals surface area contributed by atoms with Crippen LogP contribution < -0.4 is 0 Å². The molecule has 0 radical (unpaired) electrons. The molecule has 1 unspecified atom stereocenters. The van der Waals surface area contributed by atoms with E-state index in [1.807, 2.05) is 0 Å². The molecular formula is C16H19FN2O3S. The molecule has 0 fully saturated rings. The summed E-state index contributed by atoms with van der Waals surface area (Å²) in [6.07, 6.45) is 1.56. The average molecular weight is 338 g/mol. The zero-order chi connectivity index (χ0) is 16.8. The Kier molecular flexibility index (Phi) is 6.18. The first-order chi connectivity index (χ1) is 11.0. The number of thioether (sulfide) groups is 1. The number of benzene rings is 1. The van der Waals surface area contributed by atoms with Crippen molar-refractivity contribution in [2.75, 3.05) is 6.61 Å². The van der Waals surface area contributed by atoms with Gasteiger partial charge in [0.15, 0.2) is 5.16 Å². The molecule has 2 rings (SSSR count). The van der Waals surface area contributed by atoms with Gasteiger partial charge in [-0.25, -0.2) is 9.37 Å². The van der Waals surface area contributed by atoms with E-state index in [4.69, 9.17) is 4.74 Å². The van der Waals surface area contributed by atoms with Crippen LogP contribution in [-0.4, -0.2) is 32.5 Å². The highest BCUT2D eigenvalue weighted by Crippen LogP contribution is 2.25. The SMILES string of the molecule is CCOC(=O)C(C)Sc1ncc(CO)n1Cc1cccc(F)c1. The lowest BCUT2D eigenvalue weighted by Crippen LogP contribution is -2.18. The molecule has 0 aliphatic heterocycles. The Morgan fingerprint density at radius 2 is 2.30 bits per heavy atom. The molecule has 1 aromatic heterocycles. The Labute approximate surface area is 138 Å². The second-order valence-corrected chi connectivity index (χ2v) is 6.23. The molecule has 0 aliphatic carbocycles. The predicted molar refractivity (Wildman–Crippen MR) is 85.6 cm³/mol. The summed E-state index contributed by atoms with van der Waals surface area (Å²) in [6, 6.07) is 6.24. The molecule has 23 heavy (non-hydrogen) atoms. The number of hydrogen-bond acceptors (Lipinski definition) is 5. The van der Waals surface area contributed by atoms with Crippen LogP contribution in [0.15, 0.2) is 35.6 Å². The Bertz CT molecular complexity index is 675. The molecule has 0 saturated heterocycles. The van der Waals surface area contributed by atoms with E-state index in [-0.39, 0.29) is 18.4 Å². The number of ether oxygens (including phenoxy) is 1. The summed E-state index contributed by atoms with van der Waals surface area (Å²) in [7, 11) is 0. The van der Waals surface area contributed by atoms with E-state index in [0.717, 1.165) is 5.56 Å². The van der Waals surface area contributed by atoms with Crippen LogP contribution in [0.25, 0.3) is 0 Å². The molecular weight excluding hydrogens is 319 g/mol. The Morgan fingerprint density at radius 3 is 2.96 bits per heavy atom. The molecule has 0 spiro atoms. The van der Waals surface area contributed by atoms with Gasteiger partial charge in [0, 0.05) is 0 Å². The van der Waals surface area contributed by atoms with Crippen molar-refractivity contribution in [1.82, 2.24) is 9.55 Å². The summed E-state index contributed by atoms with van der Waals surface area (Å²) in [5.74, 6) is -0.634. The van der Waals surface area contributed by atoms with Crippen LogP contribution in [0.4, 0.5) is 4.39 Å². The standard InChI is InChI=1S/C16H19FN2O3S/c1-3-22-15(21)11(2)23-16-18-8-14(10-20)19(16)9-12-5-4-6-13(17)7-12/h4-8,11,20H,3,9-10H2,1-2H3. The van der Waals surface area contributed by atoms with Gasteiger partial charge in [-0.3, -0.25) is 4.79 Å². The second-order valence-electron chi connectivity index (χ2n) is 4.92. The van der Waals surface area contributed by atoms with Crippen LogP contribution in [0.1, 0.15) is 25.1 Å². The number of halogens is 1. The van der Waals surface area contributed by atoms with Crippen molar-refractivity contribution >= 4 is 17.7 Å². The van der Waals surface area contributed by atoms with Gasteiger partial charge >= 0.3 is 5.97 Å². The van der Waals surface area contributed by atoms with Gasteiger partial charge < -0.3 is 14.4 Å². The minimum atomic E-state index is -0.421. The largest absolute Gasteiger partial charge is 0.465 e. The zero-order valence-corrected chi connectivity index (χ0v) is 13.8. The van der Waals surface area contributed by atoms with Crippen molar-refractivity contribution in [3.05, 3.63) is 47.5 Å². The summed E-state index contributed by atoms with van der Waals surface area (Å²) in [6.45, 7) is 4.00. The molecule has 1 heterocycles. The molecule has 0 bridgehead atoms. The minimum absolute atomic E-state index is 0.184. The highest BCUT2D eigenvalue weighted by atomic mass is 32.2. The molecule has 1 N–H and O–H groups in total. The Hall–Kier alpha value is -1.86. The van der Waals surface area contributed by atoms with E-state index in [1.165, 1.54) is 23.9 Å². The van der Waals surface area contributed by atoms with Gasteiger partial charge in [-0.05, 0) is 31.5 Å². The van der Waals surface area contributed by atoms with Gasteiger partial charge in [0.1, 0.15) is 11.1 Å². The lowest BCUT2D eigenvalue weighted by atomic mass is 10.2. The van der Waals surface area contributed by atoms with Crippen molar-refractivity contribution < 1.29 is 19.0 Å². The Morgan fingerprint density at radius 1 is 1.52 bits per heavy atom. The topological polar surface area (TPSA) is 64.3 Å². The number of aliphatic hydroxyl groups is 1. The zero-order valence-electron chi connectivity index (χ0n) is 13.0. The van der Waals surface area contributed by atoms with E-state index in [2.05, 4.69) is 4.98 Å². The number of imidazole rings is 1. The monoisotopic (exact) mass is 338 g/mol. The third kappa shape index (κ3) is 4.56. The lowest BCUT2D eigenvalue weighted by Gasteiger charge is -2.13. The normalized spacial score (nSPS) is 12.2. The Balaban J connectivity index is 2.21. The maximum absolute atomic E-state index is 13.3. The number of aliphatic hydroxyl groups excluding tert-OH is 1. The summed E-state index contributed by atoms with van der Waals surface area (Å²) in [5, 5.41) is 9.62. The van der Waals surface area contributed by atoms with Crippen molar-refractivity contribution in [1.29, 1.82) is 0 Å². The number of carbonyl (C=O) groups excluding carboxylic acids is 1. The molecule has 1 atom stereocenters. The summed E-state index contributed by atoms with van der Waals surface area (Å²) >= 11 is 1.25. The van der Waals surface area contributed by atoms with Gasteiger partial charge in [0.25, 0.3) is 0 Å². The molecule has 0 amide bonds. The molecule has 0 aliphatic rings. The van der Waals surface area contributed by atoms with E-state index < -0.39 is 5.25 Å². The third-order valence-corrected chi connectivity index (χ3v) is 4.28. The first-order valence-corrected chi connectivity index (χ1v) is 8.16. The number of aromatic nitrogens is 2. The number of carbonyl (C=O) groups is 1. The van der Waals surface area contributed by atoms with Gasteiger partial charge in [0.2, 0.25) is 0 Å². The van der Waals surface area contributed by atoms with Gasteiger partial charge in [0.05, 0.1) is 31.6 Å². The van der Waals surface area contributed by atoms with Crippen molar-refractivity contribution in [2.45, 2.75) is 37.4 Å². The molecule has 2 aromatic rings. The number of esters is 1. The van der Waals surface area contributed by atoms with Crippen LogP contribution in [-0.2, 0) is 22.7 Å². The van der Waals surface area contributed by atoms with Gasteiger partial charge in [-0.1, -0.05) is 23.9 Å². The fraction of sp³-hybridized carbons (Fsp3) is 0.375. The highest BCUT2D eigenvalue weighted by Gasteiger charge is 2.20. The maximum atomic E-state index is 13.3. The van der Waals surface area contributed by atoms with E-state index in [1.54, 1.807) is 36.7 Å². The molecule has 1 aromatic carbocycles. The van der Waals surface area contributed by atoms with Crippen LogP contribution in [0, 0.1) is 5.82 Å². The first kappa shape index (κ1) is 17.5. The lowest BCUT2D eigenvalue weighted by molar-refractivity contribution is -0.142. The van der Waals surface area contributed by atoms with Crippen LogP contribution in [0.3, 0.4) is 0 Å². The van der Waals surface area contributed by atoms with Crippen LogP contribution in [0.5, 0.6) is 0 Å². The minimum Gasteiger partial charge on any atom is -0.465 e. The maximum Gasteiger partial charge on any atom is 0.319 e. The summed E-state index contributed by atoms with van der Waals surface area (Å²) in [4.78, 5) is 16.0. The third-order valence-electron chi connectivity index (χ3n) is 3.19. The number of rotatable bonds is 7. The van der Waals surface area contributed by atoms with Crippen LogP contribution in [0.2, 0.25) is 0 Å². The molecule has 124 valence electrons. The smallest absolute Gasteiger partial charge is 0.319 e. The predicted octanol–water partition coefficient (Wildman–Crippen LogP) is 2.61.